The highest BCUT2D eigenvalue weighted by atomic mass is 35.5. The molecule has 0 fully saturated rings. The molecule has 0 aliphatic rings. The summed E-state index contributed by atoms with van der Waals surface area (Å²) < 4.78 is 22.4. The highest BCUT2D eigenvalue weighted by molar-refractivity contribution is 6.29. The lowest BCUT2D eigenvalue weighted by atomic mass is 10.2. The van der Waals surface area contributed by atoms with Crippen LogP contribution in [0.1, 0.15) is 18.7 Å². The van der Waals surface area contributed by atoms with Crippen LogP contribution in [0.3, 0.4) is 0 Å². The number of ether oxygens (including phenoxy) is 1. The van der Waals surface area contributed by atoms with E-state index < -0.39 is 18.0 Å². The number of imidazole rings is 1. The van der Waals surface area contributed by atoms with Gasteiger partial charge in [0.2, 0.25) is 0 Å². The van der Waals surface area contributed by atoms with Crippen LogP contribution in [-0.4, -0.2) is 37.1 Å². The number of rotatable bonds is 4. The van der Waals surface area contributed by atoms with Gasteiger partial charge in [0, 0.05) is 37.8 Å². The standard InChI is InChI=1S/C17H15ClFN7O2/c1-9(28-2)15-12(7-21-14-6-13(18)24-26(14)15)23-17(27)22-10-5-11(19)16-20-3-4-25(16)8-10/h3-9H,1-2H3,(H2,22,23,27)/t9-/m0/s1. The van der Waals surface area contributed by atoms with Gasteiger partial charge in [0.25, 0.3) is 0 Å². The van der Waals surface area contributed by atoms with Gasteiger partial charge in [0.05, 0.1) is 29.4 Å². The van der Waals surface area contributed by atoms with Gasteiger partial charge < -0.3 is 19.8 Å². The van der Waals surface area contributed by atoms with Crippen LogP contribution in [0, 0.1) is 5.82 Å². The number of pyridine rings is 1. The predicted molar refractivity (Wildman–Crippen MR) is 101 cm³/mol. The second-order valence-electron chi connectivity index (χ2n) is 5.99. The second kappa shape index (κ2) is 7.06. The highest BCUT2D eigenvalue weighted by Gasteiger charge is 2.19. The van der Waals surface area contributed by atoms with E-state index in [9.17, 15) is 9.18 Å². The Labute approximate surface area is 163 Å². The Bertz CT molecular complexity index is 1190. The van der Waals surface area contributed by atoms with Crippen molar-refractivity contribution in [3.63, 3.8) is 0 Å². The number of anilines is 2. The summed E-state index contributed by atoms with van der Waals surface area (Å²) >= 11 is 5.97. The first-order valence-electron chi connectivity index (χ1n) is 8.23. The van der Waals surface area contributed by atoms with Crippen LogP contribution < -0.4 is 10.6 Å². The molecule has 0 saturated carbocycles. The van der Waals surface area contributed by atoms with E-state index in [1.807, 2.05) is 0 Å². The molecule has 4 aromatic heterocycles. The van der Waals surface area contributed by atoms with Crippen molar-refractivity contribution in [3.8, 4) is 0 Å². The quantitative estimate of drug-likeness (QED) is 0.543. The van der Waals surface area contributed by atoms with Gasteiger partial charge in [-0.15, -0.1) is 0 Å². The van der Waals surface area contributed by atoms with Crippen molar-refractivity contribution < 1.29 is 13.9 Å². The summed E-state index contributed by atoms with van der Waals surface area (Å²) in [4.78, 5) is 20.6. The highest BCUT2D eigenvalue weighted by Crippen LogP contribution is 2.26. The molecule has 2 amide bonds. The summed E-state index contributed by atoms with van der Waals surface area (Å²) in [5, 5.41) is 9.73. The van der Waals surface area contributed by atoms with Gasteiger partial charge in [0.15, 0.2) is 22.3 Å². The van der Waals surface area contributed by atoms with Gasteiger partial charge in [0.1, 0.15) is 0 Å². The van der Waals surface area contributed by atoms with E-state index >= 15 is 0 Å². The summed E-state index contributed by atoms with van der Waals surface area (Å²) in [7, 11) is 1.54. The molecule has 4 aromatic rings. The van der Waals surface area contributed by atoms with Gasteiger partial charge >= 0.3 is 6.03 Å². The molecule has 1 atom stereocenters. The first-order chi connectivity index (χ1) is 13.5. The zero-order valence-electron chi connectivity index (χ0n) is 14.8. The van der Waals surface area contributed by atoms with Gasteiger partial charge in [-0.2, -0.15) is 5.10 Å². The summed E-state index contributed by atoms with van der Waals surface area (Å²) in [6, 6.07) is 2.21. The Hall–Kier alpha value is -3.24. The number of nitrogens with one attached hydrogen (secondary N) is 2. The van der Waals surface area contributed by atoms with E-state index in [1.54, 1.807) is 25.4 Å². The number of carbonyl (C=O) groups is 1. The largest absolute Gasteiger partial charge is 0.375 e. The van der Waals surface area contributed by atoms with Crippen LogP contribution in [0.2, 0.25) is 5.15 Å². The van der Waals surface area contributed by atoms with Crippen LogP contribution in [0.5, 0.6) is 0 Å². The molecular weight excluding hydrogens is 389 g/mol. The van der Waals surface area contributed by atoms with E-state index in [2.05, 4.69) is 25.7 Å². The van der Waals surface area contributed by atoms with E-state index in [-0.39, 0.29) is 16.5 Å². The van der Waals surface area contributed by atoms with Crippen molar-refractivity contribution >= 4 is 40.3 Å². The van der Waals surface area contributed by atoms with Crippen LogP contribution >= 0.6 is 11.6 Å². The number of nitrogens with zero attached hydrogens (tertiary/aromatic N) is 5. The summed E-state index contributed by atoms with van der Waals surface area (Å²) in [5.41, 5.74) is 1.89. The first-order valence-corrected chi connectivity index (χ1v) is 8.61. The third-order valence-corrected chi connectivity index (χ3v) is 4.36. The summed E-state index contributed by atoms with van der Waals surface area (Å²) in [5.74, 6) is -0.550. The number of fused-ring (bicyclic) bond motifs is 2. The molecule has 0 spiro atoms. The Kier molecular flexibility index (Phi) is 4.57. The van der Waals surface area contributed by atoms with Crippen LogP contribution in [-0.2, 0) is 4.74 Å². The molecule has 9 nitrogen and oxygen atoms in total. The lowest BCUT2D eigenvalue weighted by molar-refractivity contribution is 0.114. The number of hydrogen-bond donors (Lipinski definition) is 2. The summed E-state index contributed by atoms with van der Waals surface area (Å²) in [6.45, 7) is 1.80. The molecule has 11 heteroatoms. The SMILES string of the molecule is CO[C@@H](C)c1c(NC(=O)Nc2cc(F)c3nccn3c2)cnc2cc(Cl)nn12. The van der Waals surface area contributed by atoms with Gasteiger partial charge in [-0.3, -0.25) is 0 Å². The van der Waals surface area contributed by atoms with Crippen molar-refractivity contribution in [1.29, 1.82) is 0 Å². The number of halogens is 2. The minimum Gasteiger partial charge on any atom is -0.375 e. The molecule has 0 aromatic carbocycles. The molecule has 0 unspecified atom stereocenters. The molecule has 0 saturated heterocycles. The molecule has 4 rings (SSSR count). The molecule has 0 aliphatic heterocycles. The fourth-order valence-corrected chi connectivity index (χ4v) is 3.04. The molecule has 28 heavy (non-hydrogen) atoms. The number of methoxy groups -OCH3 is 1. The molecule has 144 valence electrons. The fraction of sp³-hybridized carbons (Fsp3) is 0.176. The Balaban J connectivity index is 1.64. The fourth-order valence-electron chi connectivity index (χ4n) is 2.87. The molecule has 2 N–H and O–H groups in total. The number of amides is 2. The lowest BCUT2D eigenvalue weighted by Gasteiger charge is -2.17. The van der Waals surface area contributed by atoms with E-state index in [1.165, 1.54) is 34.5 Å². The van der Waals surface area contributed by atoms with Crippen LogP contribution in [0.15, 0.2) is 36.9 Å². The maximum atomic E-state index is 14.0. The molecule has 0 radical (unpaired) electrons. The van der Waals surface area contributed by atoms with Crippen molar-refractivity contribution in [2.24, 2.45) is 0 Å². The molecule has 0 aliphatic carbocycles. The third kappa shape index (κ3) is 3.23. The summed E-state index contributed by atoms with van der Waals surface area (Å²) in [6.07, 6.45) is 5.68. The van der Waals surface area contributed by atoms with Crippen molar-refractivity contribution in [1.82, 2.24) is 24.0 Å². The van der Waals surface area contributed by atoms with Crippen molar-refractivity contribution in [3.05, 3.63) is 53.6 Å². The molecule has 0 bridgehead atoms. The van der Waals surface area contributed by atoms with Crippen molar-refractivity contribution in [2.75, 3.05) is 17.7 Å². The maximum absolute atomic E-state index is 14.0. The monoisotopic (exact) mass is 403 g/mol. The topological polar surface area (TPSA) is 97.8 Å². The van der Waals surface area contributed by atoms with E-state index in [0.717, 1.165) is 0 Å². The first kappa shape index (κ1) is 18.1. The van der Waals surface area contributed by atoms with Crippen LogP contribution in [0.4, 0.5) is 20.6 Å². The third-order valence-electron chi connectivity index (χ3n) is 4.18. The Morgan fingerprint density at radius 2 is 2.14 bits per heavy atom. The zero-order chi connectivity index (χ0) is 19.8. The van der Waals surface area contributed by atoms with Gasteiger partial charge in [-0.1, -0.05) is 11.6 Å². The van der Waals surface area contributed by atoms with Crippen LogP contribution in [0.25, 0.3) is 11.3 Å². The molecular formula is C17H15ClFN7O2. The Morgan fingerprint density at radius 1 is 1.32 bits per heavy atom. The lowest BCUT2D eigenvalue weighted by Crippen LogP contribution is -2.22. The zero-order valence-corrected chi connectivity index (χ0v) is 15.6. The van der Waals surface area contributed by atoms with E-state index in [4.69, 9.17) is 16.3 Å². The van der Waals surface area contributed by atoms with Gasteiger partial charge in [-0.25, -0.2) is 23.7 Å². The van der Waals surface area contributed by atoms with E-state index in [0.29, 0.717) is 17.0 Å². The molecule has 4 heterocycles. The maximum Gasteiger partial charge on any atom is 0.323 e. The second-order valence-corrected chi connectivity index (χ2v) is 6.37. The normalized spacial score (nSPS) is 12.4. The number of aromatic nitrogens is 5. The average molecular weight is 404 g/mol. The number of carbonyl (C=O) groups excluding carboxylic acids is 1. The number of hydrogen-bond acceptors (Lipinski definition) is 5. The minimum atomic E-state index is -0.581. The van der Waals surface area contributed by atoms with Crippen molar-refractivity contribution in [2.45, 2.75) is 13.0 Å². The predicted octanol–water partition coefficient (Wildman–Crippen LogP) is 3.52. The Morgan fingerprint density at radius 3 is 2.93 bits per heavy atom. The van der Waals surface area contributed by atoms with Gasteiger partial charge in [-0.05, 0) is 6.92 Å². The average Bonchev–Trinajstić information content (AvgIpc) is 3.26. The smallest absolute Gasteiger partial charge is 0.323 e. The number of urea groups is 1. The minimum absolute atomic E-state index is 0.173.